The Morgan fingerprint density at radius 3 is 2.27 bits per heavy atom. The van der Waals surface area contributed by atoms with Crippen molar-refractivity contribution in [3.8, 4) is 39.5 Å². The number of allylic oxidation sites excluding steroid dienone is 4. The van der Waals surface area contributed by atoms with Crippen LogP contribution in [0.3, 0.4) is 0 Å². The number of nitrogens with zero attached hydrogens (tertiary/aromatic N) is 5. The number of carbonyl (C=O) groups is 2. The zero-order valence-electron chi connectivity index (χ0n) is 40.9. The van der Waals surface area contributed by atoms with Gasteiger partial charge in [0.25, 0.3) is 0 Å². The van der Waals surface area contributed by atoms with E-state index in [0.717, 1.165) is 68.5 Å². The van der Waals surface area contributed by atoms with Gasteiger partial charge in [0.05, 0.1) is 64.7 Å². The topological polar surface area (TPSA) is 162 Å². The Kier molecular flexibility index (Phi) is 20.0. The van der Waals surface area contributed by atoms with Gasteiger partial charge in [-0.05, 0) is 95.6 Å². The number of amides is 2. The van der Waals surface area contributed by atoms with E-state index in [0.29, 0.717) is 54.6 Å². The van der Waals surface area contributed by atoms with Gasteiger partial charge in [-0.15, -0.1) is 0 Å². The van der Waals surface area contributed by atoms with Gasteiger partial charge in [-0.3, -0.25) is 9.69 Å². The van der Waals surface area contributed by atoms with Gasteiger partial charge in [0.1, 0.15) is 23.6 Å². The van der Waals surface area contributed by atoms with Gasteiger partial charge in [0.2, 0.25) is 6.41 Å². The van der Waals surface area contributed by atoms with Crippen LogP contribution in [-0.4, -0.2) is 95.6 Å². The lowest BCUT2D eigenvalue weighted by Gasteiger charge is -2.30. The average Bonchev–Trinajstić information content (AvgIpc) is 4.12. The van der Waals surface area contributed by atoms with Crippen LogP contribution in [0.2, 0.25) is 5.02 Å². The highest BCUT2D eigenvalue weighted by Gasteiger charge is 2.33. The number of aliphatic hydroxyl groups excluding tert-OH is 1. The molecule has 3 unspecified atom stereocenters. The fraction of sp³-hybridized carbons (Fsp3) is 0.462. The van der Waals surface area contributed by atoms with Crippen molar-refractivity contribution in [3.05, 3.63) is 102 Å². The minimum atomic E-state index is -1.15. The molecule has 3 atom stereocenters. The summed E-state index contributed by atoms with van der Waals surface area (Å²) in [5, 5.41) is 18.6. The zero-order chi connectivity index (χ0) is 49.6. The van der Waals surface area contributed by atoms with E-state index in [1.54, 1.807) is 32.5 Å². The van der Waals surface area contributed by atoms with Gasteiger partial charge in [0, 0.05) is 48.8 Å². The molecule has 2 aromatic carbocycles. The average molecular weight is 945 g/mol. The van der Waals surface area contributed by atoms with E-state index in [2.05, 4.69) is 65.4 Å². The fourth-order valence-electron chi connectivity index (χ4n) is 7.24. The number of hydrogen-bond donors (Lipinski definition) is 4. The molecule has 364 valence electrons. The van der Waals surface area contributed by atoms with Crippen LogP contribution >= 0.6 is 11.6 Å². The van der Waals surface area contributed by atoms with E-state index in [9.17, 15) is 19.1 Å². The van der Waals surface area contributed by atoms with E-state index >= 15 is 0 Å². The van der Waals surface area contributed by atoms with Crippen molar-refractivity contribution >= 4 is 35.0 Å². The number of ether oxygens (including phenoxy) is 2. The van der Waals surface area contributed by atoms with Crippen LogP contribution in [0.5, 0.6) is 5.75 Å². The van der Waals surface area contributed by atoms with Gasteiger partial charge in [0.15, 0.2) is 6.23 Å². The monoisotopic (exact) mass is 944 g/mol. The van der Waals surface area contributed by atoms with Crippen LogP contribution in [0.15, 0.2) is 85.8 Å². The Labute approximate surface area is 400 Å². The molecule has 0 aliphatic carbocycles. The number of aromatic amines is 2. The van der Waals surface area contributed by atoms with Crippen molar-refractivity contribution in [2.45, 2.75) is 119 Å². The molecule has 13 nitrogen and oxygen atoms in total. The highest BCUT2D eigenvalue weighted by Crippen LogP contribution is 2.49. The summed E-state index contributed by atoms with van der Waals surface area (Å²) in [6, 6.07) is 11.6. The number of nitrogens with one attached hydrogen (secondary N) is 2. The summed E-state index contributed by atoms with van der Waals surface area (Å²) in [5.74, 6) is 3.53. The molecule has 67 heavy (non-hydrogen) atoms. The molecule has 3 aromatic heterocycles. The molecule has 15 heteroatoms. The number of halogens is 2. The number of aromatic nitrogens is 5. The maximum atomic E-state index is 13.6. The molecule has 2 aliphatic heterocycles. The first-order valence-electron chi connectivity index (χ1n) is 23.0. The zero-order valence-corrected chi connectivity index (χ0v) is 41.7. The van der Waals surface area contributed by atoms with Crippen LogP contribution in [0, 0.1) is 11.8 Å². The Hall–Kier alpha value is -5.70. The SMILES string of the molecule is C=C/C=C(\C=C)CCC1Oc2cc(-c3cnc(C4CCCN4C(=O)O)[nH]3)ccc2-c2c(Cl)c3cc(-c4cnc(CN(C=O)CC(C)F)[nH]4)ccc3n21.CC(C)C(C)C.CCO.COC(C)(C)C. The number of imidazole rings is 2. The summed E-state index contributed by atoms with van der Waals surface area (Å²) >= 11 is 7.29. The van der Waals surface area contributed by atoms with Crippen molar-refractivity contribution in [3.63, 3.8) is 0 Å². The summed E-state index contributed by atoms with van der Waals surface area (Å²) in [7, 11) is 1.71. The molecule has 2 amide bonds. The lowest BCUT2D eigenvalue weighted by atomic mass is 10.0. The minimum absolute atomic E-state index is 0.0177. The highest BCUT2D eigenvalue weighted by atomic mass is 35.5. The number of carboxylic acid groups (broad SMARTS) is 1. The second kappa shape index (κ2) is 24.9. The first-order valence-corrected chi connectivity index (χ1v) is 23.4. The number of fused-ring (bicyclic) bond motifs is 5. The van der Waals surface area contributed by atoms with Gasteiger partial charge in [-0.25, -0.2) is 19.2 Å². The molecule has 5 heterocycles. The third-order valence-electron chi connectivity index (χ3n) is 11.6. The lowest BCUT2D eigenvalue weighted by molar-refractivity contribution is -0.119. The molecule has 4 N–H and O–H groups in total. The number of methoxy groups -OCH3 is 1. The molecule has 0 spiro atoms. The largest absolute Gasteiger partial charge is 0.469 e. The molecule has 0 bridgehead atoms. The normalized spacial score (nSPS) is 15.8. The smallest absolute Gasteiger partial charge is 0.407 e. The Bertz CT molecular complexity index is 2440. The van der Waals surface area contributed by atoms with Gasteiger partial charge in [-0.2, -0.15) is 0 Å². The molecule has 1 saturated heterocycles. The second-order valence-corrected chi connectivity index (χ2v) is 18.6. The number of benzene rings is 2. The first-order chi connectivity index (χ1) is 31.8. The van der Waals surface area contributed by atoms with E-state index in [4.69, 9.17) is 26.2 Å². The standard InChI is InChI=1S/C39H39ClFN7O4.C6H14.C5H12O.C2H6O/c1-4-7-24(5-2)9-14-35-48-31-13-11-25(29-18-42-34(44-29)21-46(22-49)20-23(3)41)16-28(31)36(40)37(48)27-12-10-26(17-33(27)52-35)30-19-43-38(45-30)32-8-6-15-47(32)39(50)51;1-5(2)6(3)4;1-5(2,3)6-4;1-2-3/h4-5,7,10-13,16-19,22-23,32,35H,1-2,6,8-9,14-15,20-21H2,3H3,(H,42,44)(H,43,45)(H,50,51);5-6H,1-4H3;1-4H3;3H,2H2,1H3/b24-7+;;;. The molecule has 0 saturated carbocycles. The first kappa shape index (κ1) is 53.9. The van der Waals surface area contributed by atoms with E-state index in [-0.39, 0.29) is 31.3 Å². The summed E-state index contributed by atoms with van der Waals surface area (Å²) in [5.41, 5.74) is 6.83. The maximum Gasteiger partial charge on any atom is 0.407 e. The quantitative estimate of drug-likeness (QED) is 0.0632. The lowest BCUT2D eigenvalue weighted by Crippen LogP contribution is -2.29. The van der Waals surface area contributed by atoms with Gasteiger partial charge >= 0.3 is 6.09 Å². The fourth-order valence-corrected chi connectivity index (χ4v) is 7.58. The van der Waals surface area contributed by atoms with Crippen molar-refractivity contribution < 1.29 is 33.7 Å². The van der Waals surface area contributed by atoms with Crippen molar-refractivity contribution in [1.29, 1.82) is 0 Å². The van der Waals surface area contributed by atoms with Crippen LogP contribution in [0.4, 0.5) is 9.18 Å². The second-order valence-electron chi connectivity index (χ2n) is 18.3. The van der Waals surface area contributed by atoms with Crippen LogP contribution < -0.4 is 4.74 Å². The molecular formula is C52H71ClFN7O6. The third-order valence-corrected chi connectivity index (χ3v) is 12.0. The minimum Gasteiger partial charge on any atom is -0.469 e. The van der Waals surface area contributed by atoms with Crippen molar-refractivity contribution in [2.75, 3.05) is 26.8 Å². The summed E-state index contributed by atoms with van der Waals surface area (Å²) < 4.78 is 27.4. The highest BCUT2D eigenvalue weighted by molar-refractivity contribution is 6.38. The third kappa shape index (κ3) is 14.4. The summed E-state index contributed by atoms with van der Waals surface area (Å²) in [6.07, 6.45) is 9.86. The van der Waals surface area contributed by atoms with Crippen molar-refractivity contribution in [2.24, 2.45) is 11.8 Å². The summed E-state index contributed by atoms with van der Waals surface area (Å²) in [4.78, 5) is 41.6. The Morgan fingerprint density at radius 1 is 1.06 bits per heavy atom. The number of likely N-dealkylation sites (tertiary alicyclic amines) is 1. The van der Waals surface area contributed by atoms with E-state index in [1.165, 1.54) is 16.7 Å². The van der Waals surface area contributed by atoms with Crippen LogP contribution in [0.25, 0.3) is 44.7 Å². The summed E-state index contributed by atoms with van der Waals surface area (Å²) in [6.45, 7) is 26.8. The van der Waals surface area contributed by atoms with Gasteiger partial charge in [-0.1, -0.05) is 82.8 Å². The molecular weight excluding hydrogens is 873 g/mol. The number of alkyl halides is 1. The Balaban J connectivity index is 0.000000569. The molecule has 5 aromatic rings. The number of hydrogen-bond acceptors (Lipinski definition) is 7. The number of carbonyl (C=O) groups excluding carboxylic acids is 1. The van der Waals surface area contributed by atoms with Crippen molar-refractivity contribution in [1.82, 2.24) is 34.3 Å². The molecule has 7 rings (SSSR count). The van der Waals surface area contributed by atoms with E-state index in [1.807, 2.05) is 69.3 Å². The predicted octanol–water partition coefficient (Wildman–Crippen LogP) is 12.6. The molecule has 2 aliphatic rings. The Morgan fingerprint density at radius 2 is 1.69 bits per heavy atom. The number of aliphatic hydroxyl groups is 1. The number of H-pyrrole nitrogens is 2. The maximum absolute atomic E-state index is 13.6. The predicted molar refractivity (Wildman–Crippen MR) is 268 cm³/mol. The van der Waals surface area contributed by atoms with Crippen LogP contribution in [-0.2, 0) is 16.1 Å². The molecule has 0 radical (unpaired) electrons. The van der Waals surface area contributed by atoms with E-state index < -0.39 is 18.5 Å². The molecule has 1 fully saturated rings. The van der Waals surface area contributed by atoms with Crippen LogP contribution in [0.1, 0.15) is 112 Å². The number of rotatable bonds is 14. The van der Waals surface area contributed by atoms with Gasteiger partial charge < -0.3 is 39.1 Å².